The number of aromatic amines is 1. The van der Waals surface area contributed by atoms with Crippen molar-refractivity contribution in [2.75, 3.05) is 18.4 Å². The Morgan fingerprint density at radius 1 is 1.13 bits per heavy atom. The monoisotopic (exact) mass is 441 g/mol. The van der Waals surface area contributed by atoms with Crippen molar-refractivity contribution >= 4 is 32.5 Å². The summed E-state index contributed by atoms with van der Waals surface area (Å²) < 4.78 is 27.0. The Morgan fingerprint density at radius 3 is 2.61 bits per heavy atom. The van der Waals surface area contributed by atoms with Crippen LogP contribution >= 0.6 is 0 Å². The number of nitrogens with zero attached hydrogens (tertiary/aromatic N) is 1. The van der Waals surface area contributed by atoms with Gasteiger partial charge in [-0.25, -0.2) is 8.42 Å². The zero-order valence-electron chi connectivity index (χ0n) is 17.7. The highest BCUT2D eigenvalue weighted by Crippen LogP contribution is 2.32. The number of sulfonamides is 1. The van der Waals surface area contributed by atoms with Crippen LogP contribution in [0.3, 0.4) is 0 Å². The maximum Gasteiger partial charge on any atom is 0.257 e. The second-order valence-corrected chi connectivity index (χ2v) is 9.68. The molecule has 0 atom stereocenters. The minimum atomic E-state index is -3.71. The molecule has 0 saturated carbocycles. The average Bonchev–Trinajstić information content (AvgIpc) is 3.14. The lowest BCUT2D eigenvalue weighted by molar-refractivity contribution is 0.102. The number of nitrogens with one attached hydrogen (secondary N) is 2. The number of carbonyl (C=O) groups excluding carboxylic acids is 1. The molecule has 164 valence electrons. The molecule has 1 aromatic heterocycles. The van der Waals surface area contributed by atoms with Crippen LogP contribution in [-0.4, -0.2) is 41.8 Å². The highest BCUT2D eigenvalue weighted by atomic mass is 32.2. The van der Waals surface area contributed by atoms with E-state index in [-0.39, 0.29) is 16.3 Å². The van der Waals surface area contributed by atoms with Crippen molar-refractivity contribution in [3.05, 3.63) is 53.2 Å². The normalized spacial score (nSPS) is 14.0. The summed E-state index contributed by atoms with van der Waals surface area (Å²) in [6, 6.07) is 9.54. The van der Waals surface area contributed by atoms with Crippen LogP contribution in [0.25, 0.3) is 10.9 Å². The van der Waals surface area contributed by atoms with Gasteiger partial charge >= 0.3 is 0 Å². The molecule has 3 aromatic rings. The molecule has 31 heavy (non-hydrogen) atoms. The summed E-state index contributed by atoms with van der Waals surface area (Å²) in [5, 5.41) is 14.0. The maximum absolute atomic E-state index is 13.1. The number of aromatic hydroxyl groups is 1. The Balaban J connectivity index is 1.69. The second-order valence-electron chi connectivity index (χ2n) is 7.74. The predicted octanol–water partition coefficient (Wildman–Crippen LogP) is 4.04. The number of hydrogen-bond donors (Lipinski definition) is 3. The van der Waals surface area contributed by atoms with E-state index in [2.05, 4.69) is 10.3 Å². The van der Waals surface area contributed by atoms with Crippen molar-refractivity contribution in [3.8, 4) is 5.75 Å². The van der Waals surface area contributed by atoms with Gasteiger partial charge in [0.1, 0.15) is 5.75 Å². The Morgan fingerprint density at radius 2 is 1.87 bits per heavy atom. The average molecular weight is 442 g/mol. The van der Waals surface area contributed by atoms with E-state index >= 15 is 0 Å². The zero-order valence-corrected chi connectivity index (χ0v) is 18.6. The van der Waals surface area contributed by atoms with Crippen LogP contribution in [0.5, 0.6) is 5.75 Å². The summed E-state index contributed by atoms with van der Waals surface area (Å²) in [5.74, 6) is -0.596. The minimum absolute atomic E-state index is 0.0258. The van der Waals surface area contributed by atoms with Crippen molar-refractivity contribution in [3.63, 3.8) is 0 Å². The highest BCUT2D eigenvalue weighted by Gasteiger charge is 2.24. The van der Waals surface area contributed by atoms with Crippen LogP contribution in [0.1, 0.15) is 48.3 Å². The van der Waals surface area contributed by atoms with E-state index < -0.39 is 15.9 Å². The van der Waals surface area contributed by atoms with E-state index in [0.29, 0.717) is 18.7 Å². The number of para-hydroxylation sites is 1. The van der Waals surface area contributed by atoms with Crippen LogP contribution < -0.4 is 5.32 Å². The van der Waals surface area contributed by atoms with E-state index in [1.807, 2.05) is 12.1 Å². The van der Waals surface area contributed by atoms with E-state index in [9.17, 15) is 18.3 Å². The van der Waals surface area contributed by atoms with Gasteiger partial charge in [0.25, 0.3) is 5.91 Å². The van der Waals surface area contributed by atoms with E-state index in [0.717, 1.165) is 36.6 Å². The number of benzene rings is 2. The fraction of sp³-hybridized carbons (Fsp3) is 0.348. The van der Waals surface area contributed by atoms with Crippen molar-refractivity contribution < 1.29 is 18.3 Å². The summed E-state index contributed by atoms with van der Waals surface area (Å²) in [7, 11) is -3.71. The van der Waals surface area contributed by atoms with Crippen LogP contribution in [0.4, 0.5) is 5.69 Å². The highest BCUT2D eigenvalue weighted by molar-refractivity contribution is 7.89. The molecule has 7 nitrogen and oxygen atoms in total. The molecule has 1 amide bonds. The maximum atomic E-state index is 13.1. The minimum Gasteiger partial charge on any atom is -0.506 e. The molecule has 0 fully saturated rings. The molecular weight excluding hydrogens is 414 g/mol. The van der Waals surface area contributed by atoms with Gasteiger partial charge in [0.2, 0.25) is 10.0 Å². The summed E-state index contributed by atoms with van der Waals surface area (Å²) in [5.41, 5.74) is 3.75. The van der Waals surface area contributed by atoms with E-state index in [1.165, 1.54) is 33.8 Å². The molecule has 0 bridgehead atoms. The number of rotatable bonds is 6. The topological polar surface area (TPSA) is 102 Å². The number of anilines is 1. The third-order valence-corrected chi connectivity index (χ3v) is 7.98. The van der Waals surface area contributed by atoms with Gasteiger partial charge in [-0.1, -0.05) is 26.0 Å². The van der Waals surface area contributed by atoms with Gasteiger partial charge in [-0.15, -0.1) is 0 Å². The lowest BCUT2D eigenvalue weighted by Gasteiger charge is -2.19. The Bertz CT molecular complexity index is 1240. The number of fused-ring (bicyclic) bond motifs is 3. The Kier molecular flexibility index (Phi) is 5.77. The lowest BCUT2D eigenvalue weighted by atomic mass is 9.95. The number of phenols is 1. The second kappa shape index (κ2) is 8.36. The number of phenolic OH excluding ortho intramolecular Hbond substituents is 1. The molecule has 2 aromatic carbocycles. The first-order valence-electron chi connectivity index (χ1n) is 10.6. The smallest absolute Gasteiger partial charge is 0.257 e. The number of carbonyl (C=O) groups is 1. The summed E-state index contributed by atoms with van der Waals surface area (Å²) in [4.78, 5) is 16.5. The SMILES string of the molecule is CCN(CC)S(=O)(=O)c1ccc(O)c(NC(=O)c2cccc3c4c([nH]c23)CCCC4)c1. The van der Waals surface area contributed by atoms with Gasteiger partial charge in [0.05, 0.1) is 21.7 Å². The van der Waals surface area contributed by atoms with Gasteiger partial charge in [0, 0.05) is 24.2 Å². The van der Waals surface area contributed by atoms with Gasteiger partial charge in [0.15, 0.2) is 0 Å². The number of hydrogen-bond acceptors (Lipinski definition) is 4. The molecule has 0 aliphatic heterocycles. The fourth-order valence-corrected chi connectivity index (χ4v) is 5.78. The van der Waals surface area contributed by atoms with Crippen LogP contribution in [0, 0.1) is 0 Å². The molecule has 0 unspecified atom stereocenters. The molecule has 8 heteroatoms. The standard InChI is InChI=1S/C23H27N3O4S/c1-3-26(4-2)31(29,30)15-12-13-21(27)20(14-15)25-23(28)18-10-7-9-17-16-8-5-6-11-19(16)24-22(17)18/h7,9-10,12-14,24,27H,3-6,8,11H2,1-2H3,(H,25,28). The summed E-state index contributed by atoms with van der Waals surface area (Å²) >= 11 is 0. The molecule has 4 rings (SSSR count). The number of aryl methyl sites for hydroxylation is 2. The number of aromatic nitrogens is 1. The molecular formula is C23H27N3O4S. The molecule has 0 radical (unpaired) electrons. The van der Waals surface area contributed by atoms with Gasteiger partial charge in [-0.3, -0.25) is 4.79 Å². The van der Waals surface area contributed by atoms with Gasteiger partial charge in [-0.05, 0) is 55.5 Å². The Labute approximate surface area is 182 Å². The van der Waals surface area contributed by atoms with Crippen molar-refractivity contribution in [2.45, 2.75) is 44.4 Å². The Hall–Kier alpha value is -2.84. The number of H-pyrrole nitrogens is 1. The van der Waals surface area contributed by atoms with Crippen molar-refractivity contribution in [2.24, 2.45) is 0 Å². The molecule has 0 saturated heterocycles. The number of amides is 1. The first-order chi connectivity index (χ1) is 14.9. The van der Waals surface area contributed by atoms with Crippen LogP contribution in [0.2, 0.25) is 0 Å². The van der Waals surface area contributed by atoms with E-state index in [1.54, 1.807) is 19.9 Å². The molecule has 3 N–H and O–H groups in total. The third kappa shape index (κ3) is 3.81. The van der Waals surface area contributed by atoms with E-state index in [4.69, 9.17) is 0 Å². The molecule has 1 heterocycles. The first kappa shape index (κ1) is 21.4. The molecule has 1 aliphatic carbocycles. The third-order valence-electron chi connectivity index (χ3n) is 5.94. The summed E-state index contributed by atoms with van der Waals surface area (Å²) in [6.45, 7) is 4.20. The molecule has 0 spiro atoms. The molecule has 1 aliphatic rings. The zero-order chi connectivity index (χ0) is 22.2. The first-order valence-corrected chi connectivity index (χ1v) is 12.1. The van der Waals surface area contributed by atoms with Crippen LogP contribution in [0.15, 0.2) is 41.3 Å². The quantitative estimate of drug-likeness (QED) is 0.503. The van der Waals surface area contributed by atoms with Crippen LogP contribution in [-0.2, 0) is 22.9 Å². The van der Waals surface area contributed by atoms with Gasteiger partial charge < -0.3 is 15.4 Å². The van der Waals surface area contributed by atoms with Crippen molar-refractivity contribution in [1.82, 2.24) is 9.29 Å². The van der Waals surface area contributed by atoms with Gasteiger partial charge in [-0.2, -0.15) is 4.31 Å². The predicted molar refractivity (Wildman–Crippen MR) is 121 cm³/mol. The van der Waals surface area contributed by atoms with Crippen molar-refractivity contribution in [1.29, 1.82) is 0 Å². The lowest BCUT2D eigenvalue weighted by Crippen LogP contribution is -2.30. The fourth-order valence-electron chi connectivity index (χ4n) is 4.30. The largest absolute Gasteiger partial charge is 0.506 e. The summed E-state index contributed by atoms with van der Waals surface area (Å²) in [6.07, 6.45) is 4.23.